The van der Waals surface area contributed by atoms with E-state index in [-0.39, 0.29) is 5.97 Å². The normalized spacial score (nSPS) is 12.1. The summed E-state index contributed by atoms with van der Waals surface area (Å²) in [5.74, 6) is 0.503. The van der Waals surface area contributed by atoms with E-state index < -0.39 is 0 Å². The molecule has 0 aromatic rings. The summed E-state index contributed by atoms with van der Waals surface area (Å²) >= 11 is 0. The zero-order valence-corrected chi connectivity index (χ0v) is 20.0. The van der Waals surface area contributed by atoms with Crippen LogP contribution >= 0.6 is 0 Å². The quantitative estimate of drug-likeness (QED) is 0.0956. The molecule has 0 spiro atoms. The summed E-state index contributed by atoms with van der Waals surface area (Å²) in [6, 6.07) is 0. The van der Waals surface area contributed by atoms with E-state index in [2.05, 4.69) is 20.4 Å². The Morgan fingerprint density at radius 3 is 1.48 bits per heavy atom. The Morgan fingerprint density at radius 1 is 0.690 bits per heavy atom. The lowest BCUT2D eigenvalue weighted by Crippen LogP contribution is -2.02. The van der Waals surface area contributed by atoms with E-state index in [1.807, 2.05) is 0 Å². The van der Waals surface area contributed by atoms with E-state index in [9.17, 15) is 4.79 Å². The van der Waals surface area contributed by atoms with Gasteiger partial charge in [0.15, 0.2) is 0 Å². The molecule has 1 atom stereocenters. The zero-order chi connectivity index (χ0) is 21.4. The summed E-state index contributed by atoms with van der Waals surface area (Å²) in [5, 5.41) is 0. The number of hydrogen-bond acceptors (Lipinski definition) is 2. The minimum Gasteiger partial charge on any atom is -0.463 e. The predicted molar refractivity (Wildman–Crippen MR) is 128 cm³/mol. The summed E-state index contributed by atoms with van der Waals surface area (Å²) < 4.78 is 5.01. The molecule has 0 saturated heterocycles. The monoisotopic (exact) mass is 408 g/mol. The third-order valence-electron chi connectivity index (χ3n) is 6.05. The van der Waals surface area contributed by atoms with Crippen molar-refractivity contribution < 1.29 is 9.53 Å². The number of unbranched alkanes of at least 4 members (excludes halogenated alkanes) is 16. The van der Waals surface area contributed by atoms with Crippen LogP contribution in [0.25, 0.3) is 0 Å². The van der Waals surface area contributed by atoms with Crippen molar-refractivity contribution in [2.75, 3.05) is 6.61 Å². The van der Waals surface area contributed by atoms with Crippen molar-refractivity contribution >= 4 is 5.97 Å². The highest BCUT2D eigenvalue weighted by Crippen LogP contribution is 2.18. The smallest absolute Gasteiger partial charge is 0.330 e. The average molecular weight is 409 g/mol. The molecule has 29 heavy (non-hydrogen) atoms. The molecule has 0 amide bonds. The molecule has 2 nitrogen and oxygen atoms in total. The maximum atomic E-state index is 10.9. The van der Waals surface area contributed by atoms with Gasteiger partial charge in [0.1, 0.15) is 0 Å². The van der Waals surface area contributed by atoms with E-state index in [4.69, 9.17) is 4.74 Å². The highest BCUT2D eigenvalue weighted by atomic mass is 16.5. The summed E-state index contributed by atoms with van der Waals surface area (Å²) in [6.07, 6.45) is 28.9. The molecule has 0 N–H and O–H groups in total. The van der Waals surface area contributed by atoms with Gasteiger partial charge >= 0.3 is 5.97 Å². The van der Waals surface area contributed by atoms with Crippen LogP contribution in [0.1, 0.15) is 142 Å². The average Bonchev–Trinajstić information content (AvgIpc) is 2.73. The van der Waals surface area contributed by atoms with E-state index >= 15 is 0 Å². The standard InChI is InChI=1S/C27H52O2/c1-4-6-7-8-9-10-11-12-13-14-15-16-17-18-19-20-23-26(3)24-21-22-25-29-27(28)5-2/h5,26H,2,4,6-25H2,1,3H3. The molecule has 0 aliphatic rings. The number of esters is 1. The summed E-state index contributed by atoms with van der Waals surface area (Å²) in [5.41, 5.74) is 0. The van der Waals surface area contributed by atoms with Crippen molar-refractivity contribution in [1.29, 1.82) is 0 Å². The fraction of sp³-hybridized carbons (Fsp3) is 0.889. The Labute approximate surface area is 183 Å². The van der Waals surface area contributed by atoms with Crippen LogP contribution in [0.4, 0.5) is 0 Å². The van der Waals surface area contributed by atoms with Crippen molar-refractivity contribution in [3.63, 3.8) is 0 Å². The molecule has 0 aromatic heterocycles. The van der Waals surface area contributed by atoms with Crippen LogP contribution in [0.5, 0.6) is 0 Å². The topological polar surface area (TPSA) is 26.3 Å². The maximum absolute atomic E-state index is 10.9. The van der Waals surface area contributed by atoms with Crippen LogP contribution in [0.3, 0.4) is 0 Å². The van der Waals surface area contributed by atoms with E-state index in [1.54, 1.807) is 0 Å². The van der Waals surface area contributed by atoms with Crippen molar-refractivity contribution in [3.8, 4) is 0 Å². The Bertz CT molecular complexity index is 350. The zero-order valence-electron chi connectivity index (χ0n) is 20.0. The third-order valence-corrected chi connectivity index (χ3v) is 6.05. The van der Waals surface area contributed by atoms with Gasteiger partial charge in [-0.1, -0.05) is 136 Å². The second-order valence-corrected chi connectivity index (χ2v) is 9.06. The molecule has 0 saturated carbocycles. The van der Waals surface area contributed by atoms with Crippen molar-refractivity contribution in [2.45, 2.75) is 142 Å². The SMILES string of the molecule is C=CC(=O)OCCCCC(C)CCCCCCCCCCCCCCCCCC. The van der Waals surface area contributed by atoms with Crippen LogP contribution in [-0.2, 0) is 9.53 Å². The number of hydrogen-bond donors (Lipinski definition) is 0. The lowest BCUT2D eigenvalue weighted by atomic mass is 9.96. The van der Waals surface area contributed by atoms with Gasteiger partial charge in [0.2, 0.25) is 0 Å². The number of rotatable bonds is 23. The summed E-state index contributed by atoms with van der Waals surface area (Å²) in [4.78, 5) is 10.9. The van der Waals surface area contributed by atoms with E-state index in [0.29, 0.717) is 6.61 Å². The first-order chi connectivity index (χ1) is 14.2. The Balaban J connectivity index is 3.15. The largest absolute Gasteiger partial charge is 0.463 e. The predicted octanol–water partition coefficient (Wildman–Crippen LogP) is 9.17. The molecule has 0 radical (unpaired) electrons. The number of carbonyl (C=O) groups is 1. The van der Waals surface area contributed by atoms with Crippen LogP contribution in [0, 0.1) is 5.92 Å². The van der Waals surface area contributed by atoms with E-state index in [0.717, 1.165) is 18.8 Å². The molecule has 0 fully saturated rings. The van der Waals surface area contributed by atoms with Gasteiger partial charge in [0.05, 0.1) is 6.61 Å². The molecule has 1 unspecified atom stereocenters. The molecular weight excluding hydrogens is 356 g/mol. The molecule has 0 heterocycles. The second kappa shape index (κ2) is 23.5. The third kappa shape index (κ3) is 23.4. The fourth-order valence-corrected chi connectivity index (χ4v) is 4.01. The van der Waals surface area contributed by atoms with Gasteiger partial charge in [0.25, 0.3) is 0 Å². The van der Waals surface area contributed by atoms with Gasteiger partial charge in [-0.15, -0.1) is 0 Å². The van der Waals surface area contributed by atoms with Gasteiger partial charge in [-0.2, -0.15) is 0 Å². The van der Waals surface area contributed by atoms with Crippen LogP contribution in [-0.4, -0.2) is 12.6 Å². The molecule has 2 heteroatoms. The molecule has 172 valence electrons. The van der Waals surface area contributed by atoms with Gasteiger partial charge in [0, 0.05) is 6.08 Å². The Hall–Kier alpha value is -0.790. The first-order valence-corrected chi connectivity index (χ1v) is 13.0. The molecule has 0 aliphatic heterocycles. The molecular formula is C27H52O2. The minimum atomic E-state index is -0.300. The number of carbonyl (C=O) groups excluding carboxylic acids is 1. The van der Waals surface area contributed by atoms with Crippen molar-refractivity contribution in [2.24, 2.45) is 5.92 Å². The van der Waals surface area contributed by atoms with Gasteiger partial charge in [-0.05, 0) is 18.8 Å². The molecule has 0 rings (SSSR count). The number of ether oxygens (including phenoxy) is 1. The van der Waals surface area contributed by atoms with Crippen LogP contribution < -0.4 is 0 Å². The van der Waals surface area contributed by atoms with Gasteiger partial charge in [-0.25, -0.2) is 4.79 Å². The van der Waals surface area contributed by atoms with Gasteiger partial charge in [-0.3, -0.25) is 0 Å². The summed E-state index contributed by atoms with van der Waals surface area (Å²) in [6.45, 7) is 8.60. The van der Waals surface area contributed by atoms with E-state index in [1.165, 1.54) is 122 Å². The first kappa shape index (κ1) is 28.2. The Morgan fingerprint density at radius 2 is 1.07 bits per heavy atom. The van der Waals surface area contributed by atoms with Crippen LogP contribution in [0.15, 0.2) is 12.7 Å². The maximum Gasteiger partial charge on any atom is 0.330 e. The van der Waals surface area contributed by atoms with Gasteiger partial charge < -0.3 is 4.74 Å². The lowest BCUT2D eigenvalue weighted by Gasteiger charge is -2.11. The van der Waals surface area contributed by atoms with Crippen molar-refractivity contribution in [1.82, 2.24) is 0 Å². The van der Waals surface area contributed by atoms with Crippen LogP contribution in [0.2, 0.25) is 0 Å². The first-order valence-electron chi connectivity index (χ1n) is 13.0. The molecule has 0 bridgehead atoms. The molecule has 0 aliphatic carbocycles. The summed E-state index contributed by atoms with van der Waals surface area (Å²) in [7, 11) is 0. The molecule has 0 aromatic carbocycles. The fourth-order valence-electron chi connectivity index (χ4n) is 4.01. The highest BCUT2D eigenvalue weighted by Gasteiger charge is 2.03. The van der Waals surface area contributed by atoms with Crippen molar-refractivity contribution in [3.05, 3.63) is 12.7 Å². The minimum absolute atomic E-state index is 0.300. The second-order valence-electron chi connectivity index (χ2n) is 9.06. The lowest BCUT2D eigenvalue weighted by molar-refractivity contribution is -0.137. The Kier molecular flexibility index (Phi) is 22.8. The highest BCUT2D eigenvalue weighted by molar-refractivity contribution is 5.81.